The van der Waals surface area contributed by atoms with E-state index in [0.29, 0.717) is 0 Å². The minimum Gasteiger partial charge on any atom is -0.381 e. The van der Waals surface area contributed by atoms with Crippen LogP contribution in [0.3, 0.4) is 0 Å². The average molecular weight is 285 g/mol. The van der Waals surface area contributed by atoms with Gasteiger partial charge in [-0.25, -0.2) is 0 Å². The largest absolute Gasteiger partial charge is 0.381 e. The number of ketones is 1. The molecule has 1 aromatic rings. The Morgan fingerprint density at radius 2 is 2.10 bits per heavy atom. The van der Waals surface area contributed by atoms with Crippen molar-refractivity contribution in [3.63, 3.8) is 0 Å². The van der Waals surface area contributed by atoms with Crippen LogP contribution in [0.2, 0.25) is 0 Å². The molecular weight excluding hydrogens is 258 g/mol. The minimum atomic E-state index is -0.115. The fraction of sp³-hybridized carbons (Fsp3) is 0.526. The molecule has 114 valence electrons. The van der Waals surface area contributed by atoms with Crippen LogP contribution in [0.5, 0.6) is 0 Å². The van der Waals surface area contributed by atoms with E-state index in [1.165, 1.54) is 11.3 Å². The normalized spacial score (nSPS) is 25.9. The van der Waals surface area contributed by atoms with E-state index in [1.807, 2.05) is 13.0 Å². The van der Waals surface area contributed by atoms with E-state index in [2.05, 4.69) is 56.9 Å². The van der Waals surface area contributed by atoms with Crippen molar-refractivity contribution in [3.05, 3.63) is 42.5 Å². The highest BCUT2D eigenvalue weighted by Crippen LogP contribution is 2.55. The Hall–Kier alpha value is -1.57. The molecule has 1 aromatic carbocycles. The Kier molecular flexibility index (Phi) is 4.01. The van der Waals surface area contributed by atoms with Crippen LogP contribution in [0.25, 0.3) is 0 Å². The van der Waals surface area contributed by atoms with Gasteiger partial charge in [0.25, 0.3) is 0 Å². The Balaban J connectivity index is 2.62. The third-order valence-electron chi connectivity index (χ3n) is 5.50. The van der Waals surface area contributed by atoms with Crippen LogP contribution in [0.4, 0.5) is 5.69 Å². The molecule has 1 N–H and O–H groups in total. The van der Waals surface area contributed by atoms with E-state index in [0.717, 1.165) is 6.42 Å². The van der Waals surface area contributed by atoms with Crippen molar-refractivity contribution < 1.29 is 4.79 Å². The maximum atomic E-state index is 11.9. The lowest BCUT2D eigenvalue weighted by molar-refractivity contribution is -0.121. The number of hydrogen-bond acceptors (Lipinski definition) is 2. The molecule has 0 saturated heterocycles. The van der Waals surface area contributed by atoms with Gasteiger partial charge in [-0.1, -0.05) is 45.0 Å². The van der Waals surface area contributed by atoms with E-state index < -0.39 is 0 Å². The summed E-state index contributed by atoms with van der Waals surface area (Å²) in [5.74, 6) is 0.297. The second-order valence-corrected chi connectivity index (χ2v) is 7.02. The molecule has 0 bridgehead atoms. The number of benzene rings is 1. The van der Waals surface area contributed by atoms with Crippen molar-refractivity contribution >= 4 is 11.5 Å². The summed E-state index contributed by atoms with van der Waals surface area (Å²) < 4.78 is 0. The molecule has 0 amide bonds. The van der Waals surface area contributed by atoms with Crippen molar-refractivity contribution in [2.45, 2.75) is 52.5 Å². The number of allylic oxidation sites excluding steroid dienone is 1. The van der Waals surface area contributed by atoms with E-state index in [4.69, 9.17) is 0 Å². The zero-order valence-corrected chi connectivity index (χ0v) is 13.9. The number of rotatable bonds is 5. The van der Waals surface area contributed by atoms with Crippen LogP contribution in [-0.4, -0.2) is 11.8 Å². The first-order valence-electron chi connectivity index (χ1n) is 7.76. The van der Waals surface area contributed by atoms with Gasteiger partial charge < -0.3 is 5.32 Å². The van der Waals surface area contributed by atoms with Crippen LogP contribution >= 0.6 is 0 Å². The molecule has 0 saturated carbocycles. The van der Waals surface area contributed by atoms with Crippen molar-refractivity contribution in [1.82, 2.24) is 0 Å². The second kappa shape index (κ2) is 5.32. The Bertz CT molecular complexity index is 560. The fourth-order valence-corrected chi connectivity index (χ4v) is 3.85. The monoisotopic (exact) mass is 285 g/mol. The molecule has 0 aromatic heterocycles. The zero-order chi connectivity index (χ0) is 15.8. The van der Waals surface area contributed by atoms with Crippen molar-refractivity contribution in [2.24, 2.45) is 11.3 Å². The molecule has 2 rings (SSSR count). The molecule has 2 heteroatoms. The number of carbonyl (C=O) groups is 1. The summed E-state index contributed by atoms with van der Waals surface area (Å²) in [6, 6.07) is 8.74. The first kappa shape index (κ1) is 15.8. The first-order valence-corrected chi connectivity index (χ1v) is 7.76. The van der Waals surface area contributed by atoms with Crippen LogP contribution in [0.15, 0.2) is 36.9 Å². The molecule has 21 heavy (non-hydrogen) atoms. The van der Waals surface area contributed by atoms with Gasteiger partial charge in [0.1, 0.15) is 5.78 Å². The molecule has 3 unspecified atom stereocenters. The highest BCUT2D eigenvalue weighted by molar-refractivity contribution is 5.78. The van der Waals surface area contributed by atoms with Crippen LogP contribution < -0.4 is 5.32 Å². The van der Waals surface area contributed by atoms with Gasteiger partial charge in [-0.05, 0) is 37.3 Å². The van der Waals surface area contributed by atoms with Crippen molar-refractivity contribution in [1.29, 1.82) is 0 Å². The van der Waals surface area contributed by atoms with E-state index >= 15 is 0 Å². The summed E-state index contributed by atoms with van der Waals surface area (Å²) in [7, 11) is 0. The molecule has 3 atom stereocenters. The highest BCUT2D eigenvalue weighted by Gasteiger charge is 2.53. The van der Waals surface area contributed by atoms with E-state index in [-0.39, 0.29) is 28.6 Å². The first-order chi connectivity index (χ1) is 9.76. The number of para-hydroxylation sites is 1. The summed E-state index contributed by atoms with van der Waals surface area (Å²) in [5.41, 5.74) is 2.29. The maximum Gasteiger partial charge on any atom is 0.132 e. The number of Topliss-reactive ketones (excluding diaryl/α,β-unsaturated/α-hetero) is 1. The number of fused-ring (bicyclic) bond motifs is 1. The van der Waals surface area contributed by atoms with Gasteiger partial charge in [-0.2, -0.15) is 0 Å². The van der Waals surface area contributed by atoms with Crippen LogP contribution in [0, 0.1) is 11.3 Å². The average Bonchev–Trinajstić information content (AvgIpc) is 2.72. The molecule has 0 radical (unpaired) electrons. The van der Waals surface area contributed by atoms with Gasteiger partial charge in [0, 0.05) is 23.1 Å². The van der Waals surface area contributed by atoms with E-state index in [9.17, 15) is 4.79 Å². The maximum absolute atomic E-state index is 11.9. The highest BCUT2D eigenvalue weighted by atomic mass is 16.1. The van der Waals surface area contributed by atoms with Gasteiger partial charge in [0.15, 0.2) is 0 Å². The molecule has 0 spiro atoms. The third kappa shape index (κ3) is 2.31. The number of anilines is 1. The number of hydrogen-bond donors (Lipinski definition) is 1. The smallest absolute Gasteiger partial charge is 0.132 e. The SMILES string of the molecule is C=CC(C)(C)C1(CC(C)C(C)=O)c2ccccc2NC1C. The molecule has 0 aliphatic carbocycles. The predicted molar refractivity (Wildman–Crippen MR) is 89.6 cm³/mol. The summed E-state index contributed by atoms with van der Waals surface area (Å²) in [6.07, 6.45) is 2.88. The lowest BCUT2D eigenvalue weighted by atomic mass is 9.56. The lowest BCUT2D eigenvalue weighted by Gasteiger charge is -2.47. The molecule has 0 fully saturated rings. The number of nitrogens with one attached hydrogen (secondary N) is 1. The third-order valence-corrected chi connectivity index (χ3v) is 5.50. The second-order valence-electron chi connectivity index (χ2n) is 7.02. The molecule has 1 heterocycles. The van der Waals surface area contributed by atoms with Crippen LogP contribution in [0.1, 0.15) is 46.6 Å². The Morgan fingerprint density at radius 1 is 1.48 bits per heavy atom. The summed E-state index contributed by atoms with van der Waals surface area (Å²) >= 11 is 0. The molecular formula is C19H27NO. The van der Waals surface area contributed by atoms with Crippen molar-refractivity contribution in [2.75, 3.05) is 5.32 Å². The molecule has 1 aliphatic heterocycles. The summed E-state index contributed by atoms with van der Waals surface area (Å²) in [5, 5.41) is 3.61. The predicted octanol–water partition coefficient (Wildman–Crippen LogP) is 4.57. The van der Waals surface area contributed by atoms with Gasteiger partial charge in [0.05, 0.1) is 0 Å². The molecule has 1 aliphatic rings. The van der Waals surface area contributed by atoms with Gasteiger partial charge in [0.2, 0.25) is 0 Å². The van der Waals surface area contributed by atoms with Gasteiger partial charge in [-0.3, -0.25) is 4.79 Å². The molecule has 2 nitrogen and oxygen atoms in total. The van der Waals surface area contributed by atoms with Gasteiger partial charge in [-0.15, -0.1) is 6.58 Å². The van der Waals surface area contributed by atoms with Crippen molar-refractivity contribution in [3.8, 4) is 0 Å². The number of carbonyl (C=O) groups excluding carboxylic acids is 1. The fourth-order valence-electron chi connectivity index (χ4n) is 3.85. The van der Waals surface area contributed by atoms with Gasteiger partial charge >= 0.3 is 0 Å². The minimum absolute atomic E-state index is 0.0413. The topological polar surface area (TPSA) is 29.1 Å². The Morgan fingerprint density at radius 3 is 2.67 bits per heavy atom. The lowest BCUT2D eigenvalue weighted by Crippen LogP contribution is -2.49. The van der Waals surface area contributed by atoms with Crippen LogP contribution in [-0.2, 0) is 10.2 Å². The summed E-state index contributed by atoms with van der Waals surface area (Å²) in [4.78, 5) is 11.9. The Labute approximate surface area is 128 Å². The quantitative estimate of drug-likeness (QED) is 0.803. The standard InChI is InChI=1S/C19H27NO/c1-7-18(5,6)19(12-13(2)14(3)21)15(4)20-17-11-9-8-10-16(17)19/h7-11,13,15,20H,1,12H2,2-6H3. The zero-order valence-electron chi connectivity index (χ0n) is 13.9. The summed E-state index contributed by atoms with van der Waals surface area (Å²) in [6.45, 7) is 14.5. The van der Waals surface area contributed by atoms with E-state index in [1.54, 1.807) is 6.92 Å².